The first-order chi connectivity index (χ1) is 9.49. The monoisotopic (exact) mass is 275 g/mol. The standard InChI is InChI=1S/C17H29N3/c1-5-14-7-10-20(11-8-14)16-6-9-18-12-15(16)13-19-17(2,3)4/h6,9,12,14,19H,5,7-8,10-11,13H2,1-4H3. The summed E-state index contributed by atoms with van der Waals surface area (Å²) in [5, 5.41) is 3.57. The van der Waals surface area contributed by atoms with Crippen molar-refractivity contribution in [2.24, 2.45) is 5.92 Å². The third-order valence-electron chi connectivity index (χ3n) is 4.22. The van der Waals surface area contributed by atoms with Crippen molar-refractivity contribution in [2.45, 2.75) is 59.0 Å². The highest BCUT2D eigenvalue weighted by atomic mass is 15.1. The fourth-order valence-corrected chi connectivity index (χ4v) is 2.81. The molecule has 1 aromatic rings. The van der Waals surface area contributed by atoms with Crippen molar-refractivity contribution in [3.05, 3.63) is 24.0 Å². The third-order valence-corrected chi connectivity index (χ3v) is 4.22. The number of nitrogens with zero attached hydrogens (tertiary/aromatic N) is 2. The van der Waals surface area contributed by atoms with E-state index in [1.165, 1.54) is 43.6 Å². The molecule has 1 N–H and O–H groups in total. The first-order valence-corrected chi connectivity index (χ1v) is 7.92. The van der Waals surface area contributed by atoms with Crippen molar-refractivity contribution in [2.75, 3.05) is 18.0 Å². The van der Waals surface area contributed by atoms with E-state index in [0.29, 0.717) is 0 Å². The maximum Gasteiger partial charge on any atom is 0.0442 e. The van der Waals surface area contributed by atoms with Crippen LogP contribution in [0.3, 0.4) is 0 Å². The van der Waals surface area contributed by atoms with Gasteiger partial charge < -0.3 is 10.2 Å². The van der Waals surface area contributed by atoms with Crippen LogP contribution in [0.4, 0.5) is 5.69 Å². The first-order valence-electron chi connectivity index (χ1n) is 7.92. The third kappa shape index (κ3) is 4.20. The van der Waals surface area contributed by atoms with Gasteiger partial charge in [0.2, 0.25) is 0 Å². The lowest BCUT2D eigenvalue weighted by Crippen LogP contribution is -2.37. The molecule has 2 rings (SSSR count). The lowest BCUT2D eigenvalue weighted by Gasteiger charge is -2.34. The highest BCUT2D eigenvalue weighted by molar-refractivity contribution is 5.52. The molecule has 0 spiro atoms. The Morgan fingerprint density at radius 1 is 1.30 bits per heavy atom. The van der Waals surface area contributed by atoms with E-state index in [-0.39, 0.29) is 5.54 Å². The maximum absolute atomic E-state index is 4.31. The molecule has 1 aliphatic heterocycles. The predicted molar refractivity (Wildman–Crippen MR) is 86.1 cm³/mol. The van der Waals surface area contributed by atoms with Crippen LogP contribution < -0.4 is 10.2 Å². The van der Waals surface area contributed by atoms with Gasteiger partial charge in [0, 0.05) is 48.8 Å². The number of rotatable bonds is 4. The smallest absolute Gasteiger partial charge is 0.0442 e. The van der Waals surface area contributed by atoms with Gasteiger partial charge in [0.15, 0.2) is 0 Å². The summed E-state index contributed by atoms with van der Waals surface area (Å²) < 4.78 is 0. The molecule has 0 aromatic carbocycles. The van der Waals surface area contributed by atoms with E-state index < -0.39 is 0 Å². The van der Waals surface area contributed by atoms with Crippen molar-refractivity contribution >= 4 is 5.69 Å². The summed E-state index contributed by atoms with van der Waals surface area (Å²) in [5.74, 6) is 0.921. The molecule has 1 aromatic heterocycles. The van der Waals surface area contributed by atoms with Crippen molar-refractivity contribution in [3.63, 3.8) is 0 Å². The zero-order chi connectivity index (χ0) is 14.6. The molecule has 0 unspecified atom stereocenters. The Bertz CT molecular complexity index is 414. The van der Waals surface area contributed by atoms with Gasteiger partial charge in [-0.15, -0.1) is 0 Å². The quantitative estimate of drug-likeness (QED) is 0.910. The fourth-order valence-electron chi connectivity index (χ4n) is 2.81. The van der Waals surface area contributed by atoms with Crippen LogP contribution in [0, 0.1) is 5.92 Å². The van der Waals surface area contributed by atoms with Gasteiger partial charge >= 0.3 is 0 Å². The molecule has 1 saturated heterocycles. The topological polar surface area (TPSA) is 28.2 Å². The molecular formula is C17H29N3. The van der Waals surface area contributed by atoms with E-state index in [4.69, 9.17) is 0 Å². The van der Waals surface area contributed by atoms with Gasteiger partial charge in [-0.2, -0.15) is 0 Å². The van der Waals surface area contributed by atoms with Crippen LogP contribution in [0.2, 0.25) is 0 Å². The first kappa shape index (κ1) is 15.3. The Hall–Kier alpha value is -1.09. The van der Waals surface area contributed by atoms with Gasteiger partial charge in [-0.25, -0.2) is 0 Å². The molecule has 0 saturated carbocycles. The van der Waals surface area contributed by atoms with Gasteiger partial charge in [-0.3, -0.25) is 4.98 Å². The number of anilines is 1. The van der Waals surface area contributed by atoms with Crippen molar-refractivity contribution < 1.29 is 0 Å². The SMILES string of the molecule is CCC1CCN(c2ccncc2CNC(C)(C)C)CC1. The van der Waals surface area contributed by atoms with E-state index in [1.807, 2.05) is 12.4 Å². The van der Waals surface area contributed by atoms with Gasteiger partial charge in [-0.05, 0) is 45.6 Å². The molecule has 0 radical (unpaired) electrons. The summed E-state index contributed by atoms with van der Waals surface area (Å²) >= 11 is 0. The van der Waals surface area contributed by atoms with E-state index in [0.717, 1.165) is 12.5 Å². The van der Waals surface area contributed by atoms with Gasteiger partial charge in [0.25, 0.3) is 0 Å². The summed E-state index contributed by atoms with van der Waals surface area (Å²) in [6.45, 7) is 12.2. The minimum atomic E-state index is 0.141. The van der Waals surface area contributed by atoms with Crippen molar-refractivity contribution in [1.29, 1.82) is 0 Å². The maximum atomic E-state index is 4.31. The Morgan fingerprint density at radius 2 is 2.00 bits per heavy atom. The average molecular weight is 275 g/mol. The molecule has 112 valence electrons. The highest BCUT2D eigenvalue weighted by Crippen LogP contribution is 2.27. The molecular weight excluding hydrogens is 246 g/mol. The van der Waals surface area contributed by atoms with E-state index in [2.05, 4.69) is 49.0 Å². The van der Waals surface area contributed by atoms with Crippen LogP contribution in [-0.2, 0) is 6.54 Å². The van der Waals surface area contributed by atoms with Gasteiger partial charge in [-0.1, -0.05) is 13.3 Å². The molecule has 0 atom stereocenters. The van der Waals surface area contributed by atoms with Crippen molar-refractivity contribution in [1.82, 2.24) is 10.3 Å². The van der Waals surface area contributed by atoms with Gasteiger partial charge in [0.1, 0.15) is 0 Å². The molecule has 20 heavy (non-hydrogen) atoms. The summed E-state index contributed by atoms with van der Waals surface area (Å²) in [5.41, 5.74) is 2.83. The molecule has 0 aliphatic carbocycles. The zero-order valence-electron chi connectivity index (χ0n) is 13.4. The van der Waals surface area contributed by atoms with Crippen molar-refractivity contribution in [3.8, 4) is 0 Å². The normalized spacial score (nSPS) is 17.5. The van der Waals surface area contributed by atoms with Crippen LogP contribution in [0.1, 0.15) is 52.5 Å². The number of hydrogen-bond donors (Lipinski definition) is 1. The second kappa shape index (κ2) is 6.57. The molecule has 0 amide bonds. The number of aromatic nitrogens is 1. The largest absolute Gasteiger partial charge is 0.371 e. The van der Waals surface area contributed by atoms with Crippen LogP contribution in [0.25, 0.3) is 0 Å². The van der Waals surface area contributed by atoms with Crippen LogP contribution >= 0.6 is 0 Å². The lowest BCUT2D eigenvalue weighted by atomic mass is 9.94. The second-order valence-electron chi connectivity index (χ2n) is 6.95. The number of nitrogens with one attached hydrogen (secondary N) is 1. The number of hydrogen-bond acceptors (Lipinski definition) is 3. The highest BCUT2D eigenvalue weighted by Gasteiger charge is 2.20. The lowest BCUT2D eigenvalue weighted by molar-refractivity contribution is 0.393. The minimum Gasteiger partial charge on any atom is -0.371 e. The van der Waals surface area contributed by atoms with Crippen LogP contribution in [0.15, 0.2) is 18.5 Å². The van der Waals surface area contributed by atoms with E-state index >= 15 is 0 Å². The summed E-state index contributed by atoms with van der Waals surface area (Å²) in [4.78, 5) is 6.84. The zero-order valence-corrected chi connectivity index (χ0v) is 13.4. The Morgan fingerprint density at radius 3 is 2.60 bits per heavy atom. The predicted octanol–water partition coefficient (Wildman–Crippen LogP) is 3.60. The average Bonchev–Trinajstić information content (AvgIpc) is 2.45. The van der Waals surface area contributed by atoms with Crippen LogP contribution in [-0.4, -0.2) is 23.6 Å². The Balaban J connectivity index is 2.04. The summed E-state index contributed by atoms with van der Waals surface area (Å²) in [6, 6.07) is 2.17. The fraction of sp³-hybridized carbons (Fsp3) is 0.706. The second-order valence-corrected chi connectivity index (χ2v) is 6.95. The molecule has 2 heterocycles. The number of pyridine rings is 1. The molecule has 0 bridgehead atoms. The molecule has 3 nitrogen and oxygen atoms in total. The van der Waals surface area contributed by atoms with Crippen LogP contribution in [0.5, 0.6) is 0 Å². The molecule has 1 fully saturated rings. The minimum absolute atomic E-state index is 0.141. The summed E-state index contributed by atoms with van der Waals surface area (Å²) in [6.07, 6.45) is 7.90. The van der Waals surface area contributed by atoms with Gasteiger partial charge in [0.05, 0.1) is 0 Å². The summed E-state index contributed by atoms with van der Waals surface area (Å²) in [7, 11) is 0. The Labute approximate surface area is 123 Å². The molecule has 1 aliphatic rings. The van der Waals surface area contributed by atoms with E-state index in [1.54, 1.807) is 0 Å². The van der Waals surface area contributed by atoms with E-state index in [9.17, 15) is 0 Å². The molecule has 3 heteroatoms. The Kier molecular flexibility index (Phi) is 5.03. The number of piperidine rings is 1.